The van der Waals surface area contributed by atoms with E-state index >= 15 is 0 Å². The number of nitrogens with two attached hydrogens (primary N) is 1. The highest BCUT2D eigenvalue weighted by Crippen LogP contribution is 2.26. The van der Waals surface area contributed by atoms with Crippen molar-refractivity contribution in [3.63, 3.8) is 0 Å². The first kappa shape index (κ1) is 13.2. The predicted octanol–water partition coefficient (Wildman–Crippen LogP) is 0.830. The zero-order chi connectivity index (χ0) is 13.8. The second-order valence-electron chi connectivity index (χ2n) is 4.33. The van der Waals surface area contributed by atoms with Gasteiger partial charge in [0.05, 0.1) is 13.2 Å². The molecular weight excluding hydrogens is 246 g/mol. The van der Waals surface area contributed by atoms with Gasteiger partial charge in [0, 0.05) is 18.5 Å². The summed E-state index contributed by atoms with van der Waals surface area (Å²) in [6, 6.07) is 5.40. The van der Waals surface area contributed by atoms with Gasteiger partial charge in [0.2, 0.25) is 0 Å². The molecule has 6 nitrogen and oxygen atoms in total. The summed E-state index contributed by atoms with van der Waals surface area (Å²) < 4.78 is 5.40. The fourth-order valence-corrected chi connectivity index (χ4v) is 2.06. The highest BCUT2D eigenvalue weighted by Gasteiger charge is 2.19. The van der Waals surface area contributed by atoms with E-state index in [1.165, 1.54) is 4.90 Å². The van der Waals surface area contributed by atoms with Gasteiger partial charge in [-0.05, 0) is 30.7 Å². The SMILES string of the molecule is CCN(CC(N)=NO)C(=O)c1ccc2c(c1)CCO2. The number of likely N-dealkylation sites (N-methyl/N-ethyl adjacent to an activating group) is 1. The number of hydrogen-bond donors (Lipinski definition) is 2. The van der Waals surface area contributed by atoms with Crippen molar-refractivity contribution in [2.45, 2.75) is 13.3 Å². The number of ether oxygens (including phenoxy) is 1. The van der Waals surface area contributed by atoms with Crippen LogP contribution >= 0.6 is 0 Å². The van der Waals surface area contributed by atoms with E-state index < -0.39 is 0 Å². The summed E-state index contributed by atoms with van der Waals surface area (Å²) in [5.41, 5.74) is 7.08. The smallest absolute Gasteiger partial charge is 0.254 e. The van der Waals surface area contributed by atoms with Crippen molar-refractivity contribution < 1.29 is 14.7 Å². The first-order chi connectivity index (χ1) is 9.15. The van der Waals surface area contributed by atoms with Crippen molar-refractivity contribution in [2.24, 2.45) is 10.9 Å². The summed E-state index contributed by atoms with van der Waals surface area (Å²) in [7, 11) is 0. The van der Waals surface area contributed by atoms with Crippen molar-refractivity contribution in [3.05, 3.63) is 29.3 Å². The van der Waals surface area contributed by atoms with Gasteiger partial charge in [-0.15, -0.1) is 0 Å². The Morgan fingerprint density at radius 3 is 3.05 bits per heavy atom. The summed E-state index contributed by atoms with van der Waals surface area (Å²) in [5, 5.41) is 11.5. The van der Waals surface area contributed by atoms with Crippen molar-refractivity contribution in [3.8, 4) is 5.75 Å². The molecule has 1 amide bonds. The molecule has 0 atom stereocenters. The van der Waals surface area contributed by atoms with E-state index in [9.17, 15) is 4.79 Å². The molecule has 3 N–H and O–H groups in total. The zero-order valence-corrected chi connectivity index (χ0v) is 10.8. The van der Waals surface area contributed by atoms with Crippen LogP contribution in [0, 0.1) is 0 Å². The number of oxime groups is 1. The molecule has 0 fully saturated rings. The normalized spacial score (nSPS) is 13.8. The number of amidine groups is 1. The summed E-state index contributed by atoms with van der Waals surface area (Å²) in [5.74, 6) is 0.722. The van der Waals surface area contributed by atoms with E-state index in [2.05, 4.69) is 5.16 Å². The molecule has 1 aliphatic rings. The Morgan fingerprint density at radius 1 is 1.58 bits per heavy atom. The molecule has 0 aliphatic carbocycles. The lowest BCUT2D eigenvalue weighted by atomic mass is 10.1. The van der Waals surface area contributed by atoms with Crippen LogP contribution in [0.5, 0.6) is 5.75 Å². The molecule has 1 aromatic carbocycles. The fourth-order valence-electron chi connectivity index (χ4n) is 2.06. The molecule has 0 spiro atoms. The maximum absolute atomic E-state index is 12.3. The van der Waals surface area contributed by atoms with Gasteiger partial charge in [0.1, 0.15) is 5.75 Å². The summed E-state index contributed by atoms with van der Waals surface area (Å²) in [6.07, 6.45) is 0.822. The number of carbonyl (C=O) groups excluding carboxylic acids is 1. The molecule has 1 aromatic rings. The Kier molecular flexibility index (Phi) is 3.89. The van der Waals surface area contributed by atoms with Crippen molar-refractivity contribution in [1.29, 1.82) is 0 Å². The molecule has 1 aliphatic heterocycles. The van der Waals surface area contributed by atoms with E-state index in [0.717, 1.165) is 17.7 Å². The van der Waals surface area contributed by atoms with Gasteiger partial charge in [-0.25, -0.2) is 0 Å². The number of hydrogen-bond acceptors (Lipinski definition) is 4. The van der Waals surface area contributed by atoms with Crippen molar-refractivity contribution in [1.82, 2.24) is 4.90 Å². The van der Waals surface area contributed by atoms with Crippen molar-refractivity contribution >= 4 is 11.7 Å². The van der Waals surface area contributed by atoms with Crippen LogP contribution in [0.2, 0.25) is 0 Å². The summed E-state index contributed by atoms with van der Waals surface area (Å²) in [4.78, 5) is 13.8. The lowest BCUT2D eigenvalue weighted by Gasteiger charge is -2.20. The third-order valence-corrected chi connectivity index (χ3v) is 3.09. The minimum Gasteiger partial charge on any atom is -0.493 e. The topological polar surface area (TPSA) is 88.1 Å². The minimum absolute atomic E-state index is 0.0136. The molecule has 19 heavy (non-hydrogen) atoms. The third kappa shape index (κ3) is 2.78. The lowest BCUT2D eigenvalue weighted by Crippen LogP contribution is -2.38. The van der Waals surface area contributed by atoms with Crippen LogP contribution in [0.25, 0.3) is 0 Å². The Labute approximate surface area is 111 Å². The zero-order valence-electron chi connectivity index (χ0n) is 10.8. The third-order valence-electron chi connectivity index (χ3n) is 3.09. The van der Waals surface area contributed by atoms with Gasteiger partial charge in [-0.1, -0.05) is 5.16 Å². The maximum atomic E-state index is 12.3. The Hall–Kier alpha value is -2.24. The number of benzene rings is 1. The molecular formula is C13H17N3O3. The summed E-state index contributed by atoms with van der Waals surface area (Å²) >= 11 is 0. The second kappa shape index (κ2) is 5.60. The molecule has 102 valence electrons. The Morgan fingerprint density at radius 2 is 2.37 bits per heavy atom. The standard InChI is InChI=1S/C13H17N3O3/c1-2-16(8-12(14)15-18)13(17)10-3-4-11-9(7-10)5-6-19-11/h3-4,7,18H,2,5-6,8H2,1H3,(H2,14,15). The van der Waals surface area contributed by atoms with Crippen LogP contribution in [0.15, 0.2) is 23.4 Å². The monoisotopic (exact) mass is 263 g/mol. The van der Waals surface area contributed by atoms with Crippen molar-refractivity contribution in [2.75, 3.05) is 19.7 Å². The molecule has 0 unspecified atom stereocenters. The fraction of sp³-hybridized carbons (Fsp3) is 0.385. The lowest BCUT2D eigenvalue weighted by molar-refractivity contribution is 0.0786. The molecule has 0 bridgehead atoms. The highest BCUT2D eigenvalue weighted by atomic mass is 16.5. The number of fused-ring (bicyclic) bond motifs is 1. The maximum Gasteiger partial charge on any atom is 0.254 e. The number of carbonyl (C=O) groups is 1. The molecule has 0 saturated carbocycles. The van der Waals surface area contributed by atoms with Crippen LogP contribution in [0.1, 0.15) is 22.8 Å². The van der Waals surface area contributed by atoms with Gasteiger partial charge >= 0.3 is 0 Å². The predicted molar refractivity (Wildman–Crippen MR) is 70.6 cm³/mol. The molecule has 6 heteroatoms. The first-order valence-electron chi connectivity index (χ1n) is 6.17. The largest absolute Gasteiger partial charge is 0.493 e. The van der Waals surface area contributed by atoms with Crippen LogP contribution in [-0.4, -0.2) is 41.5 Å². The number of rotatable bonds is 4. The quantitative estimate of drug-likeness (QED) is 0.364. The Balaban J connectivity index is 2.18. The van der Waals surface area contributed by atoms with Gasteiger partial charge in [0.15, 0.2) is 5.84 Å². The second-order valence-corrected chi connectivity index (χ2v) is 4.33. The van der Waals surface area contributed by atoms with E-state index in [1.54, 1.807) is 6.07 Å². The Bertz CT molecular complexity index is 514. The average molecular weight is 263 g/mol. The van der Waals surface area contributed by atoms with Crippen LogP contribution < -0.4 is 10.5 Å². The van der Waals surface area contributed by atoms with Gasteiger partial charge < -0.3 is 20.6 Å². The van der Waals surface area contributed by atoms with E-state index in [4.69, 9.17) is 15.7 Å². The number of amides is 1. The van der Waals surface area contributed by atoms with E-state index in [-0.39, 0.29) is 18.3 Å². The molecule has 0 saturated heterocycles. The average Bonchev–Trinajstić information content (AvgIpc) is 2.90. The van der Waals surface area contributed by atoms with Gasteiger partial charge in [-0.3, -0.25) is 4.79 Å². The van der Waals surface area contributed by atoms with E-state index in [0.29, 0.717) is 18.7 Å². The molecule has 0 aromatic heterocycles. The van der Waals surface area contributed by atoms with Crippen LogP contribution in [0.3, 0.4) is 0 Å². The van der Waals surface area contributed by atoms with Gasteiger partial charge in [-0.2, -0.15) is 0 Å². The van der Waals surface area contributed by atoms with E-state index in [1.807, 2.05) is 19.1 Å². The first-order valence-corrected chi connectivity index (χ1v) is 6.17. The van der Waals surface area contributed by atoms with Crippen LogP contribution in [0.4, 0.5) is 0 Å². The molecule has 2 rings (SSSR count). The number of nitrogens with zero attached hydrogens (tertiary/aromatic N) is 2. The van der Waals surface area contributed by atoms with Gasteiger partial charge in [0.25, 0.3) is 5.91 Å². The minimum atomic E-state index is -0.135. The molecule has 0 radical (unpaired) electrons. The molecule has 1 heterocycles. The highest BCUT2D eigenvalue weighted by molar-refractivity contribution is 5.97. The summed E-state index contributed by atoms with van der Waals surface area (Å²) in [6.45, 7) is 3.11. The van der Waals surface area contributed by atoms with Crippen LogP contribution in [-0.2, 0) is 6.42 Å².